The van der Waals surface area contributed by atoms with Gasteiger partial charge in [0.2, 0.25) is 0 Å². The molecule has 1 aliphatic rings. The van der Waals surface area contributed by atoms with Crippen LogP contribution in [-0.4, -0.2) is 42.2 Å². The summed E-state index contributed by atoms with van der Waals surface area (Å²) in [6, 6.07) is 13.3. The Morgan fingerprint density at radius 2 is 1.67 bits per heavy atom. The smallest absolute Gasteiger partial charge is 0.416 e. The predicted octanol–water partition coefficient (Wildman–Crippen LogP) is 4.55. The molecule has 1 atom stereocenters. The summed E-state index contributed by atoms with van der Waals surface area (Å²) in [7, 11) is 0. The van der Waals surface area contributed by atoms with Crippen molar-refractivity contribution in [3.05, 3.63) is 59.7 Å². The van der Waals surface area contributed by atoms with E-state index in [2.05, 4.69) is 11.8 Å². The Balaban J connectivity index is 1.51. The van der Waals surface area contributed by atoms with Gasteiger partial charge in [0.25, 0.3) is 0 Å². The van der Waals surface area contributed by atoms with Crippen molar-refractivity contribution >= 4 is 5.69 Å². The van der Waals surface area contributed by atoms with Crippen LogP contribution in [0, 0.1) is 0 Å². The fourth-order valence-corrected chi connectivity index (χ4v) is 3.52. The van der Waals surface area contributed by atoms with Gasteiger partial charge >= 0.3 is 6.18 Å². The van der Waals surface area contributed by atoms with Crippen molar-refractivity contribution in [2.45, 2.75) is 32.0 Å². The van der Waals surface area contributed by atoms with E-state index in [1.54, 1.807) is 18.2 Å². The zero-order valence-corrected chi connectivity index (χ0v) is 15.4. The molecule has 0 saturated carbocycles. The predicted molar refractivity (Wildman–Crippen MR) is 101 cm³/mol. The van der Waals surface area contributed by atoms with E-state index in [0.717, 1.165) is 45.1 Å². The minimum atomic E-state index is -4.30. The van der Waals surface area contributed by atoms with Crippen LogP contribution in [0.5, 0.6) is 5.75 Å². The van der Waals surface area contributed by atoms with E-state index in [1.165, 1.54) is 17.7 Å². The normalized spacial score (nSPS) is 17.1. The quantitative estimate of drug-likeness (QED) is 0.827. The molecule has 2 aromatic carbocycles. The topological polar surface area (TPSA) is 26.7 Å². The van der Waals surface area contributed by atoms with Gasteiger partial charge in [0.1, 0.15) is 5.75 Å². The molecule has 3 rings (SSSR count). The van der Waals surface area contributed by atoms with Gasteiger partial charge in [-0.05, 0) is 55.7 Å². The largest absolute Gasteiger partial charge is 0.508 e. The zero-order valence-electron chi connectivity index (χ0n) is 15.4. The fraction of sp³-hybridized carbons (Fsp3) is 0.429. The number of phenols is 1. The van der Waals surface area contributed by atoms with Crippen LogP contribution in [0.1, 0.15) is 24.5 Å². The third-order valence-corrected chi connectivity index (χ3v) is 5.26. The second-order valence-electron chi connectivity index (χ2n) is 7.13. The highest BCUT2D eigenvalue weighted by atomic mass is 19.4. The molecule has 0 unspecified atom stereocenters. The molecular formula is C21H25F3N2O. The number of hydrogen-bond acceptors (Lipinski definition) is 3. The van der Waals surface area contributed by atoms with Gasteiger partial charge in [0, 0.05) is 37.9 Å². The lowest BCUT2D eigenvalue weighted by atomic mass is 10.0. The van der Waals surface area contributed by atoms with E-state index >= 15 is 0 Å². The second kappa shape index (κ2) is 8.21. The molecule has 6 heteroatoms. The minimum Gasteiger partial charge on any atom is -0.508 e. The van der Waals surface area contributed by atoms with Gasteiger partial charge in [0.05, 0.1) is 5.56 Å². The summed E-state index contributed by atoms with van der Waals surface area (Å²) in [6.07, 6.45) is -2.36. The van der Waals surface area contributed by atoms with Gasteiger partial charge in [-0.3, -0.25) is 4.90 Å². The Morgan fingerprint density at radius 3 is 2.30 bits per heavy atom. The Morgan fingerprint density at radius 1 is 1.00 bits per heavy atom. The first-order chi connectivity index (χ1) is 12.8. The van der Waals surface area contributed by atoms with Gasteiger partial charge in [-0.25, -0.2) is 0 Å². The van der Waals surface area contributed by atoms with Crippen LogP contribution >= 0.6 is 0 Å². The van der Waals surface area contributed by atoms with E-state index in [4.69, 9.17) is 0 Å². The number of phenolic OH excluding ortho intramolecular Hbond substituents is 1. The summed E-state index contributed by atoms with van der Waals surface area (Å²) >= 11 is 0. The van der Waals surface area contributed by atoms with Crippen molar-refractivity contribution in [3.63, 3.8) is 0 Å². The van der Waals surface area contributed by atoms with Crippen LogP contribution in [0.2, 0.25) is 0 Å². The Kier molecular flexibility index (Phi) is 5.95. The van der Waals surface area contributed by atoms with Crippen LogP contribution in [0.3, 0.4) is 0 Å². The van der Waals surface area contributed by atoms with Crippen molar-refractivity contribution in [1.29, 1.82) is 0 Å². The highest BCUT2D eigenvalue weighted by molar-refractivity contribution is 5.49. The molecule has 27 heavy (non-hydrogen) atoms. The molecular weight excluding hydrogens is 353 g/mol. The van der Waals surface area contributed by atoms with Crippen LogP contribution < -0.4 is 4.90 Å². The highest BCUT2D eigenvalue weighted by Crippen LogP contribution is 2.32. The maximum absolute atomic E-state index is 12.9. The molecule has 1 aliphatic heterocycles. The first kappa shape index (κ1) is 19.5. The summed E-state index contributed by atoms with van der Waals surface area (Å²) in [5.41, 5.74) is 1.24. The number of aromatic hydroxyl groups is 1. The summed E-state index contributed by atoms with van der Waals surface area (Å²) < 4.78 is 38.7. The van der Waals surface area contributed by atoms with Crippen molar-refractivity contribution in [2.24, 2.45) is 0 Å². The van der Waals surface area contributed by atoms with Crippen LogP contribution in [0.15, 0.2) is 48.5 Å². The summed E-state index contributed by atoms with van der Waals surface area (Å²) in [5.74, 6) is 0.275. The zero-order chi connectivity index (χ0) is 19.4. The Hall–Kier alpha value is -2.21. The lowest BCUT2D eigenvalue weighted by molar-refractivity contribution is -0.137. The summed E-state index contributed by atoms with van der Waals surface area (Å²) in [5, 5.41) is 9.34. The highest BCUT2D eigenvalue weighted by Gasteiger charge is 2.31. The lowest BCUT2D eigenvalue weighted by Gasteiger charge is -2.39. The minimum absolute atomic E-state index is 0.275. The third-order valence-electron chi connectivity index (χ3n) is 5.26. The molecule has 0 radical (unpaired) electrons. The number of benzene rings is 2. The summed E-state index contributed by atoms with van der Waals surface area (Å²) in [6.45, 7) is 5.33. The third kappa shape index (κ3) is 5.16. The van der Waals surface area contributed by atoms with Crippen molar-refractivity contribution in [1.82, 2.24) is 4.90 Å². The van der Waals surface area contributed by atoms with Crippen LogP contribution in [0.25, 0.3) is 0 Å². The molecule has 146 valence electrons. The first-order valence-electron chi connectivity index (χ1n) is 9.27. The van der Waals surface area contributed by atoms with Crippen LogP contribution in [-0.2, 0) is 12.6 Å². The number of anilines is 1. The fourth-order valence-electron chi connectivity index (χ4n) is 3.52. The molecule has 1 fully saturated rings. The van der Waals surface area contributed by atoms with Gasteiger partial charge < -0.3 is 10.0 Å². The number of rotatable bonds is 5. The average molecular weight is 378 g/mol. The number of hydrogen-bond donors (Lipinski definition) is 1. The van der Waals surface area contributed by atoms with E-state index in [1.807, 2.05) is 17.0 Å². The number of halogens is 3. The lowest BCUT2D eigenvalue weighted by Crippen LogP contribution is -2.49. The van der Waals surface area contributed by atoms with E-state index in [9.17, 15) is 18.3 Å². The standard InChI is InChI=1S/C21H25F3N2O/c1-16(5-6-17-7-9-20(27)10-8-17)25-11-13-26(14-12-25)19-4-2-3-18(15-19)21(22,23)24/h2-4,7-10,15-16,27H,5-6,11-14H2,1H3/t16-/m0/s1. The van der Waals surface area contributed by atoms with Crippen molar-refractivity contribution < 1.29 is 18.3 Å². The van der Waals surface area contributed by atoms with E-state index < -0.39 is 11.7 Å². The number of aryl methyl sites for hydroxylation is 1. The maximum atomic E-state index is 12.9. The average Bonchev–Trinajstić information content (AvgIpc) is 2.67. The molecule has 0 aromatic heterocycles. The molecule has 0 spiro atoms. The van der Waals surface area contributed by atoms with E-state index in [-0.39, 0.29) is 5.75 Å². The van der Waals surface area contributed by atoms with Crippen molar-refractivity contribution in [3.8, 4) is 5.75 Å². The number of nitrogens with zero attached hydrogens (tertiary/aromatic N) is 2. The van der Waals surface area contributed by atoms with Gasteiger partial charge in [0.15, 0.2) is 0 Å². The number of piperazine rings is 1. The monoisotopic (exact) mass is 378 g/mol. The van der Waals surface area contributed by atoms with Gasteiger partial charge in [-0.1, -0.05) is 18.2 Å². The molecule has 0 bridgehead atoms. The maximum Gasteiger partial charge on any atom is 0.416 e. The molecule has 0 amide bonds. The van der Waals surface area contributed by atoms with Crippen LogP contribution in [0.4, 0.5) is 18.9 Å². The number of alkyl halides is 3. The SMILES string of the molecule is C[C@@H](CCc1ccc(O)cc1)N1CCN(c2cccc(C(F)(F)F)c2)CC1. The molecule has 1 N–H and O–H groups in total. The first-order valence-corrected chi connectivity index (χ1v) is 9.27. The Bertz CT molecular complexity index is 738. The Labute approximate surface area is 158 Å². The second-order valence-corrected chi connectivity index (χ2v) is 7.13. The van der Waals surface area contributed by atoms with Gasteiger partial charge in [-0.2, -0.15) is 13.2 Å². The van der Waals surface area contributed by atoms with Gasteiger partial charge in [-0.15, -0.1) is 0 Å². The molecule has 1 heterocycles. The van der Waals surface area contributed by atoms with Crippen molar-refractivity contribution in [2.75, 3.05) is 31.1 Å². The van der Waals surface area contributed by atoms with E-state index in [0.29, 0.717) is 11.7 Å². The summed E-state index contributed by atoms with van der Waals surface area (Å²) in [4.78, 5) is 4.42. The molecule has 3 nitrogen and oxygen atoms in total. The molecule has 1 saturated heterocycles. The molecule has 2 aromatic rings. The molecule has 0 aliphatic carbocycles.